The van der Waals surface area contributed by atoms with E-state index in [-0.39, 0.29) is 29.7 Å². The number of amides is 1. The molecular formula is C31H38N4O5S. The number of benzene rings is 1. The van der Waals surface area contributed by atoms with Crippen LogP contribution in [0.3, 0.4) is 0 Å². The Morgan fingerprint density at radius 1 is 1.15 bits per heavy atom. The molecule has 0 unspecified atom stereocenters. The van der Waals surface area contributed by atoms with Crippen molar-refractivity contribution in [2.75, 3.05) is 26.0 Å². The van der Waals surface area contributed by atoms with E-state index in [1.807, 2.05) is 26.2 Å². The Labute approximate surface area is 244 Å². The van der Waals surface area contributed by atoms with Gasteiger partial charge in [-0.1, -0.05) is 0 Å². The summed E-state index contributed by atoms with van der Waals surface area (Å²) in [5.74, 6) is 0.889. The lowest BCUT2D eigenvalue weighted by Gasteiger charge is -2.47. The molecule has 2 N–H and O–H groups in total. The van der Waals surface area contributed by atoms with Crippen molar-refractivity contribution in [2.45, 2.75) is 88.2 Å². The van der Waals surface area contributed by atoms with E-state index in [1.165, 1.54) is 24.6 Å². The summed E-state index contributed by atoms with van der Waals surface area (Å²) in [6.45, 7) is 6.25. The molecule has 0 spiro atoms. The van der Waals surface area contributed by atoms with E-state index in [9.17, 15) is 14.9 Å². The molecule has 9 nitrogen and oxygen atoms in total. The Morgan fingerprint density at radius 2 is 1.90 bits per heavy atom. The molecule has 1 aromatic heterocycles. The zero-order valence-corrected chi connectivity index (χ0v) is 24.8. The summed E-state index contributed by atoms with van der Waals surface area (Å²) in [6.07, 6.45) is 9.56. The highest BCUT2D eigenvalue weighted by Crippen LogP contribution is 2.43. The number of pyridine rings is 1. The number of fused-ring (bicyclic) bond motifs is 1. The molecule has 6 rings (SSSR count). The zero-order chi connectivity index (χ0) is 28.7. The van der Waals surface area contributed by atoms with Gasteiger partial charge in [-0.2, -0.15) is 5.26 Å². The van der Waals surface area contributed by atoms with Gasteiger partial charge in [0.15, 0.2) is 11.5 Å². The van der Waals surface area contributed by atoms with Crippen LogP contribution in [0, 0.1) is 31.1 Å². The van der Waals surface area contributed by atoms with Crippen LogP contribution in [0.4, 0.5) is 0 Å². The Balaban J connectivity index is 1.11. The predicted octanol–water partition coefficient (Wildman–Crippen LogP) is 4.08. The molecule has 1 saturated heterocycles. The van der Waals surface area contributed by atoms with Gasteiger partial charge in [-0.05, 0) is 76.7 Å². The van der Waals surface area contributed by atoms with Crippen molar-refractivity contribution >= 4 is 17.7 Å². The van der Waals surface area contributed by atoms with Crippen LogP contribution in [-0.4, -0.2) is 66.1 Å². The van der Waals surface area contributed by atoms with Crippen LogP contribution in [0.5, 0.6) is 11.5 Å². The molecule has 3 heterocycles. The standard InChI is InChI=1S/C31H38N4O5S/c1-17-10-27(41-3)25(31(37)34-17)13-33-30(36)24-11-20(12-32)29-28(18(24)2)40-26(16-38-29)19-4-6-21(7-5-19)35-14-23(15-35)39-22-8-9-22/h10-11,19,21-23,26H,4-9,13-16H2,1-3H3,(H,33,36)(H,34,37)/t19-,21+,26-/m1/s1. The minimum absolute atomic E-state index is 0.0801. The number of nitrogens with one attached hydrogen (secondary N) is 2. The Hall–Kier alpha value is -3.00. The van der Waals surface area contributed by atoms with Gasteiger partial charge in [-0.25, -0.2) is 0 Å². The lowest BCUT2D eigenvalue weighted by atomic mass is 9.81. The number of rotatable bonds is 8. The molecule has 0 bridgehead atoms. The molecule has 0 radical (unpaired) electrons. The largest absolute Gasteiger partial charge is 0.484 e. The second-order valence-electron chi connectivity index (χ2n) is 11.8. The van der Waals surface area contributed by atoms with Crippen LogP contribution in [0.25, 0.3) is 0 Å². The van der Waals surface area contributed by atoms with Gasteiger partial charge >= 0.3 is 0 Å². The van der Waals surface area contributed by atoms with E-state index in [2.05, 4.69) is 21.3 Å². The number of aryl methyl sites for hydroxylation is 1. The molecule has 1 atom stereocenters. The summed E-state index contributed by atoms with van der Waals surface area (Å²) in [5.41, 5.74) is 2.32. The summed E-state index contributed by atoms with van der Waals surface area (Å²) in [7, 11) is 0. The fourth-order valence-electron chi connectivity index (χ4n) is 6.39. The minimum Gasteiger partial charge on any atom is -0.484 e. The quantitative estimate of drug-likeness (QED) is 0.450. The van der Waals surface area contributed by atoms with Crippen molar-refractivity contribution in [3.63, 3.8) is 0 Å². The Morgan fingerprint density at radius 3 is 2.59 bits per heavy atom. The molecular weight excluding hydrogens is 540 g/mol. The molecule has 10 heteroatoms. The van der Waals surface area contributed by atoms with Gasteiger partial charge in [0, 0.05) is 53.0 Å². The van der Waals surface area contributed by atoms with E-state index in [1.54, 1.807) is 6.07 Å². The maximum atomic E-state index is 13.3. The number of likely N-dealkylation sites (tertiary alicyclic amines) is 1. The fourth-order valence-corrected chi connectivity index (χ4v) is 7.09. The number of aromatic amines is 1. The van der Waals surface area contributed by atoms with Gasteiger partial charge in [0.2, 0.25) is 0 Å². The van der Waals surface area contributed by atoms with Gasteiger partial charge < -0.3 is 24.5 Å². The highest BCUT2D eigenvalue weighted by Gasteiger charge is 2.40. The van der Waals surface area contributed by atoms with Crippen molar-refractivity contribution in [3.05, 3.63) is 50.4 Å². The monoisotopic (exact) mass is 578 g/mol. The third kappa shape index (κ3) is 5.85. The first-order chi connectivity index (χ1) is 19.8. The minimum atomic E-state index is -0.362. The first kappa shape index (κ1) is 28.1. The SMILES string of the molecule is CSc1cc(C)[nH]c(=O)c1CNC(=O)c1cc(C#N)c2c(c1C)O[C@@H]([C@H]1CC[C@@H](N3CC(OC4CC4)C3)CC1)CO2. The number of carbonyl (C=O) groups excluding carboxylic acids is 1. The Bertz CT molecular complexity index is 1420. The summed E-state index contributed by atoms with van der Waals surface area (Å²) in [5, 5.41) is 12.7. The van der Waals surface area contributed by atoms with Crippen LogP contribution in [-0.2, 0) is 11.3 Å². The molecule has 3 fully saturated rings. The Kier molecular flexibility index (Phi) is 8.03. The van der Waals surface area contributed by atoms with Gasteiger partial charge in [0.1, 0.15) is 18.8 Å². The number of carbonyl (C=O) groups is 1. The molecule has 41 heavy (non-hydrogen) atoms. The average Bonchev–Trinajstić information content (AvgIpc) is 3.78. The zero-order valence-electron chi connectivity index (χ0n) is 24.0. The first-order valence-electron chi connectivity index (χ1n) is 14.7. The van der Waals surface area contributed by atoms with E-state index in [0.29, 0.717) is 59.0 Å². The second kappa shape index (κ2) is 11.7. The van der Waals surface area contributed by atoms with Gasteiger partial charge in [0.25, 0.3) is 11.5 Å². The number of hydrogen-bond acceptors (Lipinski definition) is 8. The van der Waals surface area contributed by atoms with Crippen LogP contribution in [0.15, 0.2) is 21.8 Å². The van der Waals surface area contributed by atoms with Crippen LogP contribution >= 0.6 is 11.8 Å². The van der Waals surface area contributed by atoms with Crippen molar-refractivity contribution in [2.24, 2.45) is 5.92 Å². The lowest BCUT2D eigenvalue weighted by Crippen LogP contribution is -2.57. The number of aromatic nitrogens is 1. The van der Waals surface area contributed by atoms with E-state index < -0.39 is 0 Å². The topological polar surface area (TPSA) is 117 Å². The van der Waals surface area contributed by atoms with Gasteiger partial charge in [0.05, 0.1) is 17.8 Å². The highest BCUT2D eigenvalue weighted by molar-refractivity contribution is 7.98. The molecule has 4 aliphatic rings. The first-order valence-corrected chi connectivity index (χ1v) is 15.9. The van der Waals surface area contributed by atoms with Crippen LogP contribution in [0.1, 0.15) is 71.3 Å². The van der Waals surface area contributed by atoms with Crippen molar-refractivity contribution < 1.29 is 19.0 Å². The number of nitrogens with zero attached hydrogens (tertiary/aromatic N) is 2. The summed E-state index contributed by atoms with van der Waals surface area (Å²) < 4.78 is 18.7. The summed E-state index contributed by atoms with van der Waals surface area (Å²) >= 11 is 1.46. The number of ether oxygens (including phenoxy) is 3. The fraction of sp³-hybridized carbons (Fsp3) is 0.581. The van der Waals surface area contributed by atoms with Crippen molar-refractivity contribution in [1.29, 1.82) is 5.26 Å². The van der Waals surface area contributed by atoms with Crippen LogP contribution < -0.4 is 20.3 Å². The number of nitriles is 1. The van der Waals surface area contributed by atoms with Crippen molar-refractivity contribution in [3.8, 4) is 17.6 Å². The maximum Gasteiger partial charge on any atom is 0.254 e. The normalized spacial score (nSPS) is 24.4. The summed E-state index contributed by atoms with van der Waals surface area (Å²) in [6, 6.07) is 6.23. The smallest absolute Gasteiger partial charge is 0.254 e. The molecule has 2 aliphatic carbocycles. The molecule has 2 aromatic rings. The third-order valence-electron chi connectivity index (χ3n) is 8.95. The van der Waals surface area contributed by atoms with E-state index in [0.717, 1.165) is 49.4 Å². The van der Waals surface area contributed by atoms with Gasteiger partial charge in [-0.3, -0.25) is 14.5 Å². The summed E-state index contributed by atoms with van der Waals surface area (Å²) in [4.78, 5) is 32.1. The lowest BCUT2D eigenvalue weighted by molar-refractivity contribution is -0.0888. The number of H-pyrrole nitrogens is 1. The van der Waals surface area contributed by atoms with E-state index >= 15 is 0 Å². The third-order valence-corrected chi connectivity index (χ3v) is 9.76. The molecule has 2 saturated carbocycles. The molecule has 218 valence electrons. The van der Waals surface area contributed by atoms with Gasteiger partial charge in [-0.15, -0.1) is 11.8 Å². The average molecular weight is 579 g/mol. The van der Waals surface area contributed by atoms with Crippen molar-refractivity contribution in [1.82, 2.24) is 15.2 Å². The van der Waals surface area contributed by atoms with E-state index in [4.69, 9.17) is 14.2 Å². The molecule has 2 aliphatic heterocycles. The van der Waals surface area contributed by atoms with Crippen LogP contribution in [0.2, 0.25) is 0 Å². The molecule has 1 aromatic carbocycles. The number of hydrogen-bond donors (Lipinski definition) is 2. The predicted molar refractivity (Wildman–Crippen MR) is 156 cm³/mol. The maximum absolute atomic E-state index is 13.3. The highest BCUT2D eigenvalue weighted by atomic mass is 32.2. The number of thioether (sulfide) groups is 1. The second-order valence-corrected chi connectivity index (χ2v) is 12.7. The molecule has 1 amide bonds.